The number of aromatic nitrogens is 2. The van der Waals surface area contributed by atoms with Gasteiger partial charge in [-0.2, -0.15) is 22.6 Å². The van der Waals surface area contributed by atoms with Crippen LogP contribution in [0, 0.1) is 10.1 Å². The molecule has 0 saturated heterocycles. The monoisotopic (exact) mass is 372 g/mol. The Morgan fingerprint density at radius 1 is 1.44 bits per heavy atom. The predicted octanol–water partition coefficient (Wildman–Crippen LogP) is 3.94. The molecule has 2 heterocycles. The Bertz CT molecular complexity index is 935. The van der Waals surface area contributed by atoms with Gasteiger partial charge in [0.25, 0.3) is 4.96 Å². The van der Waals surface area contributed by atoms with E-state index in [1.54, 1.807) is 5.38 Å². The summed E-state index contributed by atoms with van der Waals surface area (Å²) >= 11 is 1.18. The fraction of sp³-hybridized carbons (Fsp3) is 0.214. The number of anilines is 1. The van der Waals surface area contributed by atoms with Crippen LogP contribution in [0.25, 0.3) is 4.96 Å². The fourth-order valence-corrected chi connectivity index (χ4v) is 3.06. The van der Waals surface area contributed by atoms with E-state index in [2.05, 4.69) is 10.3 Å². The third-order valence-electron chi connectivity index (χ3n) is 3.48. The average molecular weight is 372 g/mol. The van der Waals surface area contributed by atoms with Crippen LogP contribution in [0.15, 0.2) is 29.8 Å². The van der Waals surface area contributed by atoms with E-state index in [0.717, 1.165) is 6.07 Å². The number of nitrogens with one attached hydrogen (secondary N) is 1. The molecular weight excluding hydrogens is 361 g/mol. The highest BCUT2D eigenvalue weighted by Crippen LogP contribution is 2.35. The largest absolute Gasteiger partial charge is 0.497 e. The van der Waals surface area contributed by atoms with Crippen LogP contribution in [0.2, 0.25) is 0 Å². The number of thiazole rings is 1. The molecule has 0 bridgehead atoms. The summed E-state index contributed by atoms with van der Waals surface area (Å²) in [6.45, 7) is -0.273. The molecule has 11 heteroatoms. The van der Waals surface area contributed by atoms with Crippen LogP contribution in [0.1, 0.15) is 11.1 Å². The van der Waals surface area contributed by atoms with E-state index >= 15 is 0 Å². The minimum Gasteiger partial charge on any atom is -0.497 e. The fourth-order valence-electron chi connectivity index (χ4n) is 2.35. The van der Waals surface area contributed by atoms with Crippen molar-refractivity contribution < 1.29 is 22.8 Å². The Morgan fingerprint density at radius 3 is 2.84 bits per heavy atom. The van der Waals surface area contributed by atoms with Crippen molar-refractivity contribution in [2.24, 2.45) is 0 Å². The molecule has 1 aromatic carbocycles. The van der Waals surface area contributed by atoms with Crippen LogP contribution in [0.4, 0.5) is 24.8 Å². The summed E-state index contributed by atoms with van der Waals surface area (Å²) in [4.78, 5) is 15.0. The molecule has 0 aliphatic rings. The number of fused-ring (bicyclic) bond motifs is 1. The highest BCUT2D eigenvalue weighted by atomic mass is 32.1. The molecule has 0 fully saturated rings. The summed E-state index contributed by atoms with van der Waals surface area (Å²) < 4.78 is 45.7. The molecule has 0 aliphatic heterocycles. The van der Waals surface area contributed by atoms with E-state index in [0.29, 0.717) is 4.96 Å². The first-order chi connectivity index (χ1) is 11.8. The van der Waals surface area contributed by atoms with Crippen molar-refractivity contribution in [2.75, 3.05) is 12.4 Å². The summed E-state index contributed by atoms with van der Waals surface area (Å²) in [5.41, 5.74) is -0.943. The lowest BCUT2D eigenvalue weighted by Crippen LogP contribution is -2.12. The number of nitrogens with zero attached hydrogens (tertiary/aromatic N) is 3. The second-order valence-electron chi connectivity index (χ2n) is 4.97. The van der Waals surface area contributed by atoms with Crippen molar-refractivity contribution in [1.82, 2.24) is 9.38 Å². The van der Waals surface area contributed by atoms with Crippen molar-refractivity contribution in [1.29, 1.82) is 0 Å². The number of imidazole rings is 1. The van der Waals surface area contributed by atoms with Crippen molar-refractivity contribution in [2.45, 2.75) is 12.7 Å². The maximum absolute atomic E-state index is 13.2. The molecule has 1 N–H and O–H groups in total. The highest BCUT2D eigenvalue weighted by molar-refractivity contribution is 7.15. The summed E-state index contributed by atoms with van der Waals surface area (Å²) in [6.07, 6.45) is -3.10. The van der Waals surface area contributed by atoms with E-state index in [4.69, 9.17) is 4.74 Å². The Labute approximate surface area is 142 Å². The Kier molecular flexibility index (Phi) is 4.25. The minimum atomic E-state index is -4.58. The van der Waals surface area contributed by atoms with Gasteiger partial charge in [-0.15, -0.1) is 0 Å². The van der Waals surface area contributed by atoms with Gasteiger partial charge in [0, 0.05) is 11.9 Å². The van der Waals surface area contributed by atoms with Crippen LogP contribution in [-0.2, 0) is 12.7 Å². The van der Waals surface area contributed by atoms with Crippen LogP contribution in [-0.4, -0.2) is 21.4 Å². The molecule has 7 nitrogen and oxygen atoms in total. The van der Waals surface area contributed by atoms with E-state index in [9.17, 15) is 23.3 Å². The number of ether oxygens (including phenoxy) is 1. The lowest BCUT2D eigenvalue weighted by Gasteiger charge is -2.14. The van der Waals surface area contributed by atoms with Crippen molar-refractivity contribution >= 4 is 27.9 Å². The molecule has 0 aliphatic carbocycles. The number of alkyl halides is 3. The SMILES string of the molecule is COc1ccc(CNc2nc3sccn3c2[N+](=O)[O-])c(C(F)(F)F)c1. The zero-order valence-corrected chi connectivity index (χ0v) is 13.5. The Balaban J connectivity index is 1.93. The zero-order valence-electron chi connectivity index (χ0n) is 12.7. The first-order valence-electron chi connectivity index (χ1n) is 6.89. The van der Waals surface area contributed by atoms with E-state index in [1.165, 1.54) is 41.2 Å². The third-order valence-corrected chi connectivity index (χ3v) is 4.24. The summed E-state index contributed by atoms with van der Waals surface area (Å²) in [6, 6.07) is 3.54. The molecule has 132 valence electrons. The van der Waals surface area contributed by atoms with Gasteiger partial charge in [0.2, 0.25) is 5.82 Å². The number of nitro groups is 1. The smallest absolute Gasteiger partial charge is 0.416 e. The van der Waals surface area contributed by atoms with Gasteiger partial charge in [0.05, 0.1) is 12.7 Å². The Hall–Kier alpha value is -2.82. The van der Waals surface area contributed by atoms with E-state index < -0.39 is 16.7 Å². The van der Waals surface area contributed by atoms with Gasteiger partial charge in [0.15, 0.2) is 0 Å². The van der Waals surface area contributed by atoms with Gasteiger partial charge in [-0.1, -0.05) is 17.4 Å². The van der Waals surface area contributed by atoms with Crippen molar-refractivity contribution in [3.63, 3.8) is 0 Å². The topological polar surface area (TPSA) is 81.7 Å². The molecule has 25 heavy (non-hydrogen) atoms. The molecule has 0 atom stereocenters. The highest BCUT2D eigenvalue weighted by Gasteiger charge is 2.34. The first-order valence-corrected chi connectivity index (χ1v) is 7.77. The molecule has 0 saturated carbocycles. The molecule has 3 aromatic rings. The Morgan fingerprint density at radius 2 is 2.20 bits per heavy atom. The van der Waals surface area contributed by atoms with Gasteiger partial charge in [-0.05, 0) is 22.6 Å². The number of methoxy groups -OCH3 is 1. The van der Waals surface area contributed by atoms with Crippen LogP contribution >= 0.6 is 11.3 Å². The van der Waals surface area contributed by atoms with Gasteiger partial charge >= 0.3 is 12.0 Å². The lowest BCUT2D eigenvalue weighted by molar-refractivity contribution is -0.389. The molecule has 0 spiro atoms. The molecule has 0 unspecified atom stereocenters. The van der Waals surface area contributed by atoms with E-state index in [1.807, 2.05) is 0 Å². The lowest BCUT2D eigenvalue weighted by atomic mass is 10.1. The molecule has 2 aromatic heterocycles. The second kappa shape index (κ2) is 6.24. The zero-order chi connectivity index (χ0) is 18.2. The number of halogens is 3. The van der Waals surface area contributed by atoms with Gasteiger partial charge < -0.3 is 20.2 Å². The van der Waals surface area contributed by atoms with Gasteiger partial charge in [0.1, 0.15) is 11.9 Å². The minimum absolute atomic E-state index is 0.0704. The standard InChI is InChI=1S/C14H11F3N4O3S/c1-24-9-3-2-8(10(6-9)14(15,16)17)7-18-11-12(21(22)23)20-4-5-25-13(20)19-11/h2-6,18H,7H2,1H3. The number of hydrogen-bond acceptors (Lipinski definition) is 6. The summed E-state index contributed by atoms with van der Waals surface area (Å²) in [5.74, 6) is -0.330. The van der Waals surface area contributed by atoms with Crippen LogP contribution in [0.5, 0.6) is 5.75 Å². The molecule has 0 radical (unpaired) electrons. The molecular formula is C14H11F3N4O3S. The maximum atomic E-state index is 13.2. The van der Waals surface area contributed by atoms with Gasteiger partial charge in [-0.25, -0.2) is 0 Å². The normalized spacial score (nSPS) is 11.7. The predicted molar refractivity (Wildman–Crippen MR) is 85.0 cm³/mol. The van der Waals surface area contributed by atoms with E-state index in [-0.39, 0.29) is 29.5 Å². The third kappa shape index (κ3) is 3.22. The number of hydrogen-bond donors (Lipinski definition) is 1. The average Bonchev–Trinajstić information content (AvgIpc) is 3.11. The first kappa shape index (κ1) is 17.0. The molecule has 0 amide bonds. The van der Waals surface area contributed by atoms with Crippen LogP contribution < -0.4 is 10.1 Å². The summed E-state index contributed by atoms with van der Waals surface area (Å²) in [7, 11) is 1.27. The second-order valence-corrected chi connectivity index (χ2v) is 5.84. The van der Waals surface area contributed by atoms with Crippen molar-refractivity contribution in [3.05, 3.63) is 51.0 Å². The number of rotatable bonds is 5. The quantitative estimate of drug-likeness (QED) is 0.542. The summed E-state index contributed by atoms with van der Waals surface area (Å²) in [5, 5.41) is 15.5. The van der Waals surface area contributed by atoms with Gasteiger partial charge in [-0.3, -0.25) is 0 Å². The van der Waals surface area contributed by atoms with Crippen molar-refractivity contribution in [3.8, 4) is 5.75 Å². The number of benzene rings is 1. The van der Waals surface area contributed by atoms with Crippen LogP contribution in [0.3, 0.4) is 0 Å². The molecule has 3 rings (SSSR count). The maximum Gasteiger partial charge on any atom is 0.416 e.